The molecule has 0 saturated carbocycles. The predicted octanol–water partition coefficient (Wildman–Crippen LogP) is 0.966. The quantitative estimate of drug-likeness (QED) is 0.586. The molecule has 7 nitrogen and oxygen atoms in total. The normalized spacial score (nSPS) is 11.5. The molecule has 0 spiro atoms. The number of hydrogen-bond donors (Lipinski definition) is 3. The smallest absolute Gasteiger partial charge is 0.321 e. The molecule has 0 fully saturated rings. The lowest BCUT2D eigenvalue weighted by Gasteiger charge is -2.14. The standard InChI is InChI=1S/C15H19N3O4/c1-22-8-4-7-17-13(15(20)21)9-14(19)18-12-6-3-2-5-11(12)10-16/h2-3,5-6,13,17H,4,7-9H2,1H3,(H,18,19)(H,20,21). The number of benzene rings is 1. The Labute approximate surface area is 128 Å². The Hall–Kier alpha value is -2.43. The number of methoxy groups -OCH3 is 1. The second-order valence-electron chi connectivity index (χ2n) is 4.60. The average molecular weight is 305 g/mol. The molecule has 3 N–H and O–H groups in total. The van der Waals surface area contributed by atoms with Gasteiger partial charge in [-0.3, -0.25) is 9.59 Å². The van der Waals surface area contributed by atoms with E-state index in [2.05, 4.69) is 10.6 Å². The van der Waals surface area contributed by atoms with Gasteiger partial charge in [0.2, 0.25) is 5.91 Å². The number of carbonyl (C=O) groups is 2. The van der Waals surface area contributed by atoms with E-state index in [-0.39, 0.29) is 6.42 Å². The Morgan fingerprint density at radius 1 is 1.41 bits per heavy atom. The topological polar surface area (TPSA) is 111 Å². The van der Waals surface area contributed by atoms with Crippen molar-refractivity contribution >= 4 is 17.6 Å². The van der Waals surface area contributed by atoms with Gasteiger partial charge < -0.3 is 20.5 Å². The summed E-state index contributed by atoms with van der Waals surface area (Å²) >= 11 is 0. The van der Waals surface area contributed by atoms with Crippen LogP contribution in [0.2, 0.25) is 0 Å². The van der Waals surface area contributed by atoms with Gasteiger partial charge in [-0.25, -0.2) is 0 Å². The lowest BCUT2D eigenvalue weighted by atomic mass is 10.1. The number of nitrogens with one attached hydrogen (secondary N) is 2. The molecule has 0 radical (unpaired) electrons. The first-order chi connectivity index (χ1) is 10.6. The van der Waals surface area contributed by atoms with Gasteiger partial charge in [-0.2, -0.15) is 5.26 Å². The Morgan fingerprint density at radius 3 is 2.77 bits per heavy atom. The summed E-state index contributed by atoms with van der Waals surface area (Å²) < 4.78 is 4.87. The lowest BCUT2D eigenvalue weighted by Crippen LogP contribution is -2.40. The molecule has 1 atom stereocenters. The fraction of sp³-hybridized carbons (Fsp3) is 0.400. The van der Waals surface area contributed by atoms with Gasteiger partial charge in [-0.1, -0.05) is 12.1 Å². The zero-order chi connectivity index (χ0) is 16.4. The van der Waals surface area contributed by atoms with Gasteiger partial charge in [0.1, 0.15) is 12.1 Å². The van der Waals surface area contributed by atoms with Gasteiger partial charge in [0.25, 0.3) is 0 Å². The van der Waals surface area contributed by atoms with Crippen molar-refractivity contribution in [2.75, 3.05) is 25.6 Å². The maximum absolute atomic E-state index is 11.9. The monoisotopic (exact) mass is 305 g/mol. The Kier molecular flexibility index (Phi) is 7.61. The molecule has 1 aromatic rings. The van der Waals surface area contributed by atoms with Gasteiger partial charge in [0, 0.05) is 13.7 Å². The van der Waals surface area contributed by atoms with E-state index in [0.717, 1.165) is 0 Å². The molecule has 0 aliphatic rings. The van der Waals surface area contributed by atoms with E-state index in [4.69, 9.17) is 15.1 Å². The summed E-state index contributed by atoms with van der Waals surface area (Å²) in [5.74, 6) is -1.56. The highest BCUT2D eigenvalue weighted by atomic mass is 16.5. The van der Waals surface area contributed by atoms with E-state index in [1.807, 2.05) is 6.07 Å². The van der Waals surface area contributed by atoms with Crippen molar-refractivity contribution in [3.05, 3.63) is 29.8 Å². The molecule has 1 rings (SSSR count). The first-order valence-corrected chi connectivity index (χ1v) is 6.82. The van der Waals surface area contributed by atoms with Crippen molar-refractivity contribution in [2.24, 2.45) is 0 Å². The molecule has 7 heteroatoms. The lowest BCUT2D eigenvalue weighted by molar-refractivity contribution is -0.141. The molecule has 1 aromatic carbocycles. The zero-order valence-corrected chi connectivity index (χ0v) is 12.3. The molecule has 0 aliphatic heterocycles. The van der Waals surface area contributed by atoms with Crippen molar-refractivity contribution in [3.63, 3.8) is 0 Å². The highest BCUT2D eigenvalue weighted by Gasteiger charge is 2.20. The summed E-state index contributed by atoms with van der Waals surface area (Å²) in [7, 11) is 1.56. The number of nitrogens with zero attached hydrogens (tertiary/aromatic N) is 1. The van der Waals surface area contributed by atoms with E-state index in [1.54, 1.807) is 31.4 Å². The molecule has 0 bridgehead atoms. The number of hydrogen-bond acceptors (Lipinski definition) is 5. The molecule has 118 valence electrons. The first-order valence-electron chi connectivity index (χ1n) is 6.82. The van der Waals surface area contributed by atoms with Crippen LogP contribution in [0.1, 0.15) is 18.4 Å². The fourth-order valence-corrected chi connectivity index (χ4v) is 1.82. The third-order valence-electron chi connectivity index (χ3n) is 2.93. The van der Waals surface area contributed by atoms with Crippen LogP contribution >= 0.6 is 0 Å². The summed E-state index contributed by atoms with van der Waals surface area (Å²) in [5.41, 5.74) is 0.703. The highest BCUT2D eigenvalue weighted by molar-refractivity contribution is 5.95. The maximum atomic E-state index is 11.9. The number of ether oxygens (including phenoxy) is 1. The van der Waals surface area contributed by atoms with Crippen LogP contribution in [-0.2, 0) is 14.3 Å². The van der Waals surface area contributed by atoms with Gasteiger partial charge in [0.15, 0.2) is 0 Å². The third kappa shape index (κ3) is 5.91. The first kappa shape index (κ1) is 17.6. The number of amides is 1. The number of anilines is 1. The molecule has 1 unspecified atom stereocenters. The summed E-state index contributed by atoms with van der Waals surface area (Å²) in [6.07, 6.45) is 0.432. The SMILES string of the molecule is COCCCNC(CC(=O)Nc1ccccc1C#N)C(=O)O. The van der Waals surface area contributed by atoms with Crippen LogP contribution in [0, 0.1) is 11.3 Å². The van der Waals surface area contributed by atoms with Crippen LogP contribution < -0.4 is 10.6 Å². The molecular formula is C15H19N3O4. The van der Waals surface area contributed by atoms with E-state index in [1.165, 1.54) is 0 Å². The molecule has 0 aromatic heterocycles. The van der Waals surface area contributed by atoms with Gasteiger partial charge in [-0.05, 0) is 25.1 Å². The minimum atomic E-state index is -1.10. The summed E-state index contributed by atoms with van der Waals surface area (Å²) in [4.78, 5) is 23.1. The minimum Gasteiger partial charge on any atom is -0.480 e. The minimum absolute atomic E-state index is 0.220. The van der Waals surface area contributed by atoms with Gasteiger partial charge in [0.05, 0.1) is 17.7 Å². The van der Waals surface area contributed by atoms with Crippen molar-refractivity contribution in [3.8, 4) is 6.07 Å². The Bertz CT molecular complexity index is 554. The maximum Gasteiger partial charge on any atom is 0.321 e. The van der Waals surface area contributed by atoms with Crippen molar-refractivity contribution < 1.29 is 19.4 Å². The van der Waals surface area contributed by atoms with Crippen LogP contribution in [0.4, 0.5) is 5.69 Å². The van der Waals surface area contributed by atoms with Crippen LogP contribution in [0.25, 0.3) is 0 Å². The van der Waals surface area contributed by atoms with Gasteiger partial charge >= 0.3 is 5.97 Å². The number of carboxylic acid groups (broad SMARTS) is 1. The van der Waals surface area contributed by atoms with Crippen molar-refractivity contribution in [1.29, 1.82) is 5.26 Å². The van der Waals surface area contributed by atoms with Crippen LogP contribution in [0.5, 0.6) is 0 Å². The van der Waals surface area contributed by atoms with Crippen LogP contribution in [0.3, 0.4) is 0 Å². The van der Waals surface area contributed by atoms with Crippen molar-refractivity contribution in [2.45, 2.75) is 18.9 Å². The number of nitriles is 1. The summed E-state index contributed by atoms with van der Waals surface area (Å²) in [5, 5.41) is 23.4. The molecule has 0 aliphatic carbocycles. The molecule has 0 heterocycles. The van der Waals surface area contributed by atoms with Crippen molar-refractivity contribution in [1.82, 2.24) is 5.32 Å². The summed E-state index contributed by atoms with van der Waals surface area (Å²) in [6, 6.07) is 7.53. The highest BCUT2D eigenvalue weighted by Crippen LogP contribution is 2.14. The van der Waals surface area contributed by atoms with E-state index >= 15 is 0 Å². The zero-order valence-electron chi connectivity index (χ0n) is 12.3. The van der Waals surface area contributed by atoms with Crippen LogP contribution in [0.15, 0.2) is 24.3 Å². The molecule has 1 amide bonds. The molecular weight excluding hydrogens is 286 g/mol. The number of aliphatic carboxylic acids is 1. The number of carboxylic acids is 1. The summed E-state index contributed by atoms with van der Waals surface area (Å²) in [6.45, 7) is 0.952. The second-order valence-corrected chi connectivity index (χ2v) is 4.60. The molecule has 22 heavy (non-hydrogen) atoms. The second kappa shape index (κ2) is 9.50. The Morgan fingerprint density at radius 2 is 2.14 bits per heavy atom. The molecule has 0 saturated heterocycles. The van der Waals surface area contributed by atoms with Crippen LogP contribution in [-0.4, -0.2) is 43.3 Å². The number of carbonyl (C=O) groups excluding carboxylic acids is 1. The predicted molar refractivity (Wildman–Crippen MR) is 80.3 cm³/mol. The largest absolute Gasteiger partial charge is 0.480 e. The van der Waals surface area contributed by atoms with E-state index in [0.29, 0.717) is 30.8 Å². The fourth-order valence-electron chi connectivity index (χ4n) is 1.82. The van der Waals surface area contributed by atoms with Gasteiger partial charge in [-0.15, -0.1) is 0 Å². The third-order valence-corrected chi connectivity index (χ3v) is 2.93. The van der Waals surface area contributed by atoms with E-state index < -0.39 is 17.9 Å². The van der Waals surface area contributed by atoms with E-state index in [9.17, 15) is 9.59 Å². The number of para-hydroxylation sites is 1. The number of rotatable bonds is 9. The average Bonchev–Trinajstić information content (AvgIpc) is 2.50. The Balaban J connectivity index is 2.56.